The lowest BCUT2D eigenvalue weighted by Gasteiger charge is -2.19. The SMILES string of the molecule is Cc1ccc(S(=O)(=O)N2CCNC(=O)CC2)cc1N. The van der Waals surface area contributed by atoms with Crippen molar-refractivity contribution in [3.63, 3.8) is 0 Å². The van der Waals surface area contributed by atoms with Gasteiger partial charge in [-0.3, -0.25) is 4.79 Å². The van der Waals surface area contributed by atoms with Crippen LogP contribution in [0.3, 0.4) is 0 Å². The monoisotopic (exact) mass is 283 g/mol. The van der Waals surface area contributed by atoms with Gasteiger partial charge in [0.05, 0.1) is 4.90 Å². The van der Waals surface area contributed by atoms with Crippen molar-refractivity contribution in [3.8, 4) is 0 Å². The molecule has 0 spiro atoms. The predicted molar refractivity (Wildman–Crippen MR) is 72.0 cm³/mol. The highest BCUT2D eigenvalue weighted by Gasteiger charge is 2.26. The first-order chi connectivity index (χ1) is 8.91. The van der Waals surface area contributed by atoms with E-state index in [0.29, 0.717) is 12.2 Å². The molecule has 0 saturated carbocycles. The Kier molecular flexibility index (Phi) is 3.77. The molecule has 1 saturated heterocycles. The lowest BCUT2D eigenvalue weighted by molar-refractivity contribution is -0.120. The molecular formula is C12H17N3O3S. The van der Waals surface area contributed by atoms with E-state index in [0.717, 1.165) is 5.56 Å². The highest BCUT2D eigenvalue weighted by Crippen LogP contribution is 2.21. The van der Waals surface area contributed by atoms with Crippen LogP contribution in [0.15, 0.2) is 23.1 Å². The summed E-state index contributed by atoms with van der Waals surface area (Å²) in [6.45, 7) is 2.63. The van der Waals surface area contributed by atoms with Crippen LogP contribution >= 0.6 is 0 Å². The summed E-state index contributed by atoms with van der Waals surface area (Å²) in [5.41, 5.74) is 7.04. The van der Waals surface area contributed by atoms with Gasteiger partial charge in [0, 0.05) is 31.7 Å². The Morgan fingerprint density at radius 2 is 2.05 bits per heavy atom. The minimum Gasteiger partial charge on any atom is -0.398 e. The molecule has 1 aliphatic heterocycles. The number of aryl methyl sites for hydroxylation is 1. The maximum Gasteiger partial charge on any atom is 0.243 e. The maximum absolute atomic E-state index is 12.4. The van der Waals surface area contributed by atoms with Gasteiger partial charge < -0.3 is 11.1 Å². The molecule has 7 heteroatoms. The summed E-state index contributed by atoms with van der Waals surface area (Å²) in [5.74, 6) is -0.124. The van der Waals surface area contributed by atoms with Gasteiger partial charge in [0.25, 0.3) is 0 Å². The third kappa shape index (κ3) is 2.87. The zero-order valence-corrected chi connectivity index (χ0v) is 11.5. The Morgan fingerprint density at radius 3 is 2.74 bits per heavy atom. The number of benzene rings is 1. The summed E-state index contributed by atoms with van der Waals surface area (Å²) >= 11 is 0. The van der Waals surface area contributed by atoms with Gasteiger partial charge in [0.1, 0.15) is 0 Å². The zero-order valence-electron chi connectivity index (χ0n) is 10.7. The number of sulfonamides is 1. The number of carbonyl (C=O) groups excluding carboxylic acids is 1. The summed E-state index contributed by atoms with van der Waals surface area (Å²) in [6, 6.07) is 4.69. The first-order valence-electron chi connectivity index (χ1n) is 6.04. The van der Waals surface area contributed by atoms with Gasteiger partial charge >= 0.3 is 0 Å². The second kappa shape index (κ2) is 5.18. The standard InChI is InChI=1S/C12H17N3O3S/c1-9-2-3-10(8-11(9)13)19(17,18)15-6-4-12(16)14-5-7-15/h2-3,8H,4-7,13H2,1H3,(H,14,16). The molecule has 1 amide bonds. The lowest BCUT2D eigenvalue weighted by Crippen LogP contribution is -2.34. The third-order valence-electron chi connectivity index (χ3n) is 3.16. The highest BCUT2D eigenvalue weighted by molar-refractivity contribution is 7.89. The van der Waals surface area contributed by atoms with Crippen LogP contribution in [0.4, 0.5) is 5.69 Å². The van der Waals surface area contributed by atoms with Gasteiger partial charge in [0.15, 0.2) is 0 Å². The first-order valence-corrected chi connectivity index (χ1v) is 7.48. The topological polar surface area (TPSA) is 92.5 Å². The Bertz CT molecular complexity index is 598. The van der Waals surface area contributed by atoms with Gasteiger partial charge in [-0.25, -0.2) is 8.42 Å². The molecule has 0 aromatic heterocycles. The van der Waals surface area contributed by atoms with Gasteiger partial charge in [-0.05, 0) is 24.6 Å². The zero-order chi connectivity index (χ0) is 14.0. The van der Waals surface area contributed by atoms with Crippen LogP contribution in [0.25, 0.3) is 0 Å². The molecule has 19 heavy (non-hydrogen) atoms. The molecule has 0 bridgehead atoms. The van der Waals surface area contributed by atoms with Crippen molar-refractivity contribution in [2.75, 3.05) is 25.4 Å². The molecule has 1 aliphatic rings. The number of nitrogen functional groups attached to an aromatic ring is 1. The van der Waals surface area contributed by atoms with Gasteiger partial charge in [0.2, 0.25) is 15.9 Å². The Hall–Kier alpha value is -1.60. The fourth-order valence-corrected chi connectivity index (χ4v) is 3.39. The third-order valence-corrected chi connectivity index (χ3v) is 5.05. The lowest BCUT2D eigenvalue weighted by atomic mass is 10.2. The molecule has 1 heterocycles. The molecule has 0 aliphatic carbocycles. The number of nitrogens with zero attached hydrogens (tertiary/aromatic N) is 1. The van der Waals surface area contributed by atoms with E-state index in [1.54, 1.807) is 12.1 Å². The molecule has 2 rings (SSSR count). The van der Waals surface area contributed by atoms with Crippen molar-refractivity contribution in [1.82, 2.24) is 9.62 Å². The minimum atomic E-state index is -3.59. The quantitative estimate of drug-likeness (QED) is 0.752. The number of hydrogen-bond donors (Lipinski definition) is 2. The van der Waals surface area contributed by atoms with Gasteiger partial charge in [-0.2, -0.15) is 4.31 Å². The van der Waals surface area contributed by atoms with E-state index in [2.05, 4.69) is 5.32 Å². The van der Waals surface area contributed by atoms with Crippen LogP contribution in [0.5, 0.6) is 0 Å². The van der Waals surface area contributed by atoms with Crippen molar-refractivity contribution < 1.29 is 13.2 Å². The van der Waals surface area contributed by atoms with E-state index in [1.165, 1.54) is 10.4 Å². The number of anilines is 1. The van der Waals surface area contributed by atoms with Crippen molar-refractivity contribution in [1.29, 1.82) is 0 Å². The summed E-state index contributed by atoms with van der Waals surface area (Å²) in [5, 5.41) is 2.65. The predicted octanol–water partition coefficient (Wildman–Crippen LogP) is 0.0878. The van der Waals surface area contributed by atoms with E-state index < -0.39 is 10.0 Å². The fourth-order valence-electron chi connectivity index (χ4n) is 1.91. The summed E-state index contributed by atoms with van der Waals surface area (Å²) in [6.07, 6.45) is 0.181. The van der Waals surface area contributed by atoms with Gasteiger partial charge in [-0.15, -0.1) is 0 Å². The number of nitrogens with one attached hydrogen (secondary N) is 1. The van der Waals surface area contributed by atoms with Gasteiger partial charge in [-0.1, -0.05) is 6.07 Å². The van der Waals surface area contributed by atoms with E-state index in [1.807, 2.05) is 6.92 Å². The van der Waals surface area contributed by atoms with E-state index in [9.17, 15) is 13.2 Å². The Labute approximate surface area is 112 Å². The average molecular weight is 283 g/mol. The minimum absolute atomic E-state index is 0.124. The van der Waals surface area contributed by atoms with Crippen molar-refractivity contribution in [2.24, 2.45) is 0 Å². The van der Waals surface area contributed by atoms with Crippen molar-refractivity contribution >= 4 is 21.6 Å². The van der Waals surface area contributed by atoms with Crippen LogP contribution in [0.2, 0.25) is 0 Å². The van der Waals surface area contributed by atoms with Crippen LogP contribution in [0, 0.1) is 6.92 Å². The van der Waals surface area contributed by atoms with Crippen LogP contribution in [0.1, 0.15) is 12.0 Å². The summed E-state index contributed by atoms with van der Waals surface area (Å²) in [7, 11) is -3.59. The molecule has 6 nitrogen and oxygen atoms in total. The van der Waals surface area contributed by atoms with Crippen molar-refractivity contribution in [3.05, 3.63) is 23.8 Å². The second-order valence-electron chi connectivity index (χ2n) is 4.52. The molecule has 1 fully saturated rings. The molecule has 0 atom stereocenters. The summed E-state index contributed by atoms with van der Waals surface area (Å²) in [4.78, 5) is 11.4. The molecule has 3 N–H and O–H groups in total. The van der Waals surface area contributed by atoms with Crippen molar-refractivity contribution in [2.45, 2.75) is 18.2 Å². The number of hydrogen-bond acceptors (Lipinski definition) is 4. The molecule has 1 aromatic rings. The highest BCUT2D eigenvalue weighted by atomic mass is 32.2. The number of amides is 1. The Morgan fingerprint density at radius 1 is 1.32 bits per heavy atom. The molecule has 1 aromatic carbocycles. The van der Waals surface area contributed by atoms with Crippen LogP contribution in [-0.4, -0.2) is 38.3 Å². The van der Waals surface area contributed by atoms with E-state index >= 15 is 0 Å². The van der Waals surface area contributed by atoms with E-state index in [-0.39, 0.29) is 30.3 Å². The second-order valence-corrected chi connectivity index (χ2v) is 6.46. The number of nitrogens with two attached hydrogens (primary N) is 1. The summed E-state index contributed by atoms with van der Waals surface area (Å²) < 4.78 is 26.2. The van der Waals surface area contributed by atoms with Crippen LogP contribution < -0.4 is 11.1 Å². The largest absolute Gasteiger partial charge is 0.398 e. The number of carbonyl (C=O) groups is 1. The smallest absolute Gasteiger partial charge is 0.243 e. The molecule has 0 radical (unpaired) electrons. The van der Waals surface area contributed by atoms with Crippen LogP contribution in [-0.2, 0) is 14.8 Å². The normalized spacial score (nSPS) is 17.8. The fraction of sp³-hybridized carbons (Fsp3) is 0.417. The molecule has 104 valence electrons. The maximum atomic E-state index is 12.4. The molecule has 0 unspecified atom stereocenters. The Balaban J connectivity index is 2.30. The number of rotatable bonds is 2. The van der Waals surface area contributed by atoms with E-state index in [4.69, 9.17) is 5.73 Å². The molecular weight excluding hydrogens is 266 g/mol. The first kappa shape index (κ1) is 13.8. The average Bonchev–Trinajstić information content (AvgIpc) is 2.57.